The van der Waals surface area contributed by atoms with E-state index >= 15 is 0 Å². The second kappa shape index (κ2) is 4.92. The van der Waals surface area contributed by atoms with Crippen LogP contribution >= 0.6 is 0 Å². The number of Topliss-reactive ketones (excluding diaryl/α,β-unsaturated/α-hetero) is 1. The molecule has 102 valence electrons. The lowest BCUT2D eigenvalue weighted by atomic mass is 9.97. The van der Waals surface area contributed by atoms with Gasteiger partial charge in [-0.3, -0.25) is 14.9 Å². The monoisotopic (exact) mass is 270 g/mol. The molecular weight excluding hydrogens is 256 g/mol. The first-order chi connectivity index (χ1) is 9.66. The van der Waals surface area contributed by atoms with E-state index < -0.39 is 0 Å². The number of benzene rings is 1. The van der Waals surface area contributed by atoms with Crippen LogP contribution in [0.25, 0.3) is 0 Å². The number of fused-ring (bicyclic) bond motifs is 1. The van der Waals surface area contributed by atoms with Crippen molar-refractivity contribution in [2.24, 2.45) is 0 Å². The molecule has 0 unspecified atom stereocenters. The van der Waals surface area contributed by atoms with Crippen LogP contribution in [-0.4, -0.2) is 15.3 Å². The summed E-state index contributed by atoms with van der Waals surface area (Å²) in [7, 11) is 0. The third-order valence-corrected chi connectivity index (χ3v) is 3.73. The summed E-state index contributed by atoms with van der Waals surface area (Å²) in [6.45, 7) is 0.430. The molecule has 1 aromatic heterocycles. The van der Waals surface area contributed by atoms with Crippen molar-refractivity contribution in [3.05, 3.63) is 63.5 Å². The van der Waals surface area contributed by atoms with Gasteiger partial charge in [-0.05, 0) is 18.9 Å². The fourth-order valence-corrected chi connectivity index (χ4v) is 2.74. The second-order valence-corrected chi connectivity index (χ2v) is 4.97. The molecule has 0 N–H and O–H groups in total. The van der Waals surface area contributed by atoms with Gasteiger partial charge in [-0.2, -0.15) is 0 Å². The number of nitrogens with zero attached hydrogens (tertiary/aromatic N) is 2. The Kier molecular flexibility index (Phi) is 3.10. The van der Waals surface area contributed by atoms with Gasteiger partial charge >= 0.3 is 0 Å². The summed E-state index contributed by atoms with van der Waals surface area (Å²) in [6, 6.07) is 8.55. The average Bonchev–Trinajstić information content (AvgIpc) is 2.84. The Labute approximate surface area is 116 Å². The lowest BCUT2D eigenvalue weighted by molar-refractivity contribution is -0.385. The topological polar surface area (TPSA) is 65.1 Å². The van der Waals surface area contributed by atoms with Crippen LogP contribution < -0.4 is 0 Å². The van der Waals surface area contributed by atoms with Gasteiger partial charge in [0, 0.05) is 35.5 Å². The van der Waals surface area contributed by atoms with E-state index in [1.807, 2.05) is 16.8 Å². The molecule has 0 saturated heterocycles. The van der Waals surface area contributed by atoms with Gasteiger partial charge < -0.3 is 4.57 Å². The molecule has 20 heavy (non-hydrogen) atoms. The van der Waals surface area contributed by atoms with Crippen LogP contribution in [0, 0.1) is 10.1 Å². The lowest BCUT2D eigenvalue weighted by Crippen LogP contribution is -2.13. The SMILES string of the molecule is O=C1CCCc2c1ccn2Cc1ccccc1[N+](=O)[O-]. The maximum atomic E-state index is 11.8. The summed E-state index contributed by atoms with van der Waals surface area (Å²) < 4.78 is 1.95. The number of hydrogen-bond acceptors (Lipinski definition) is 3. The van der Waals surface area contributed by atoms with Gasteiger partial charge in [0.25, 0.3) is 5.69 Å². The molecule has 1 aliphatic rings. The molecule has 1 aliphatic carbocycles. The van der Waals surface area contributed by atoms with Crippen molar-refractivity contribution < 1.29 is 9.72 Å². The first-order valence-corrected chi connectivity index (χ1v) is 6.60. The number of hydrogen-bond donors (Lipinski definition) is 0. The third-order valence-electron chi connectivity index (χ3n) is 3.73. The molecule has 1 aromatic carbocycles. The predicted octanol–water partition coefficient (Wildman–Crippen LogP) is 2.96. The first-order valence-electron chi connectivity index (χ1n) is 6.60. The fraction of sp³-hybridized carbons (Fsp3) is 0.267. The maximum absolute atomic E-state index is 11.8. The number of ketones is 1. The van der Waals surface area contributed by atoms with Crippen molar-refractivity contribution in [2.75, 3.05) is 0 Å². The number of aromatic nitrogens is 1. The van der Waals surface area contributed by atoms with Crippen LogP contribution in [0.4, 0.5) is 5.69 Å². The van der Waals surface area contributed by atoms with Gasteiger partial charge in [-0.15, -0.1) is 0 Å². The van der Waals surface area contributed by atoms with Gasteiger partial charge in [0.1, 0.15) is 0 Å². The minimum atomic E-state index is -0.365. The fourth-order valence-electron chi connectivity index (χ4n) is 2.74. The van der Waals surface area contributed by atoms with Gasteiger partial charge in [-0.1, -0.05) is 18.2 Å². The van der Waals surface area contributed by atoms with Gasteiger partial charge in [-0.25, -0.2) is 0 Å². The van der Waals surface area contributed by atoms with Crippen LogP contribution in [0.3, 0.4) is 0 Å². The van der Waals surface area contributed by atoms with Crippen LogP contribution in [0.15, 0.2) is 36.5 Å². The van der Waals surface area contributed by atoms with E-state index in [-0.39, 0.29) is 16.4 Å². The zero-order chi connectivity index (χ0) is 14.1. The summed E-state index contributed by atoms with van der Waals surface area (Å²) in [5, 5.41) is 11.0. The largest absolute Gasteiger partial charge is 0.346 e. The zero-order valence-electron chi connectivity index (χ0n) is 10.9. The molecular formula is C15H14N2O3. The molecule has 0 spiro atoms. The van der Waals surface area contributed by atoms with Gasteiger partial charge in [0.15, 0.2) is 5.78 Å². The van der Waals surface area contributed by atoms with Crippen molar-refractivity contribution >= 4 is 11.5 Å². The molecule has 0 amide bonds. The molecule has 2 aromatic rings. The molecule has 5 heteroatoms. The number of nitro groups is 1. The molecule has 1 heterocycles. The maximum Gasteiger partial charge on any atom is 0.274 e. The van der Waals surface area contributed by atoms with Crippen LogP contribution in [-0.2, 0) is 13.0 Å². The number of carbonyl (C=O) groups is 1. The van der Waals surface area contributed by atoms with Gasteiger partial charge in [0.2, 0.25) is 0 Å². The number of para-hydroxylation sites is 1. The third kappa shape index (κ3) is 2.11. The number of rotatable bonds is 3. The Bertz CT molecular complexity index is 688. The Morgan fingerprint density at radius 1 is 1.20 bits per heavy atom. The summed E-state index contributed by atoms with van der Waals surface area (Å²) in [6.07, 6.45) is 4.16. The van der Waals surface area contributed by atoms with Crippen molar-refractivity contribution in [3.63, 3.8) is 0 Å². The molecule has 0 bridgehead atoms. The summed E-state index contributed by atoms with van der Waals surface area (Å²) >= 11 is 0. The van der Waals surface area contributed by atoms with Crippen LogP contribution in [0.1, 0.15) is 34.5 Å². The Balaban J connectivity index is 1.97. The highest BCUT2D eigenvalue weighted by molar-refractivity contribution is 5.98. The van der Waals surface area contributed by atoms with Crippen LogP contribution in [0.5, 0.6) is 0 Å². The summed E-state index contributed by atoms with van der Waals surface area (Å²) in [4.78, 5) is 22.5. The highest BCUT2D eigenvalue weighted by Crippen LogP contribution is 2.25. The summed E-state index contributed by atoms with van der Waals surface area (Å²) in [5.74, 6) is 0.174. The van der Waals surface area contributed by atoms with Crippen molar-refractivity contribution in [3.8, 4) is 0 Å². The van der Waals surface area contributed by atoms with E-state index in [0.717, 1.165) is 24.1 Å². The molecule has 0 fully saturated rings. The number of carbonyl (C=O) groups excluding carboxylic acids is 1. The minimum absolute atomic E-state index is 0.122. The highest BCUT2D eigenvalue weighted by atomic mass is 16.6. The molecule has 0 radical (unpaired) electrons. The highest BCUT2D eigenvalue weighted by Gasteiger charge is 2.21. The van der Waals surface area contributed by atoms with E-state index in [0.29, 0.717) is 18.5 Å². The van der Waals surface area contributed by atoms with Gasteiger partial charge in [0.05, 0.1) is 11.5 Å². The average molecular weight is 270 g/mol. The van der Waals surface area contributed by atoms with Crippen molar-refractivity contribution in [1.29, 1.82) is 0 Å². The predicted molar refractivity (Wildman–Crippen MR) is 73.9 cm³/mol. The first kappa shape index (κ1) is 12.6. The number of nitro benzene ring substituents is 1. The molecule has 0 aliphatic heterocycles. The standard InChI is InChI=1S/C15H14N2O3/c18-15-7-3-6-14-12(15)8-9-16(14)10-11-4-1-2-5-13(11)17(19)20/h1-2,4-5,8-9H,3,6-7,10H2. The smallest absolute Gasteiger partial charge is 0.274 e. The van der Waals surface area contributed by atoms with Crippen LogP contribution in [0.2, 0.25) is 0 Å². The second-order valence-electron chi connectivity index (χ2n) is 4.97. The summed E-state index contributed by atoms with van der Waals surface area (Å²) in [5.41, 5.74) is 2.56. The molecule has 0 atom stereocenters. The van der Waals surface area contributed by atoms with E-state index in [4.69, 9.17) is 0 Å². The van der Waals surface area contributed by atoms with Crippen molar-refractivity contribution in [1.82, 2.24) is 4.57 Å². The Morgan fingerprint density at radius 3 is 2.80 bits per heavy atom. The lowest BCUT2D eigenvalue weighted by Gasteiger charge is -2.15. The van der Waals surface area contributed by atoms with E-state index in [1.165, 1.54) is 6.07 Å². The quantitative estimate of drug-likeness (QED) is 0.636. The Morgan fingerprint density at radius 2 is 2.00 bits per heavy atom. The Hall–Kier alpha value is -2.43. The normalized spacial score (nSPS) is 14.1. The minimum Gasteiger partial charge on any atom is -0.346 e. The molecule has 3 rings (SSSR count). The molecule has 5 nitrogen and oxygen atoms in total. The van der Waals surface area contributed by atoms with Crippen molar-refractivity contribution in [2.45, 2.75) is 25.8 Å². The molecule has 0 saturated carbocycles. The van der Waals surface area contributed by atoms with E-state index in [2.05, 4.69) is 0 Å². The van der Waals surface area contributed by atoms with E-state index in [1.54, 1.807) is 18.2 Å². The van der Waals surface area contributed by atoms with E-state index in [9.17, 15) is 14.9 Å². The zero-order valence-corrected chi connectivity index (χ0v) is 10.9.